The molecule has 0 aliphatic carbocycles. The highest BCUT2D eigenvalue weighted by Gasteiger charge is 2.06. The fourth-order valence-electron chi connectivity index (χ4n) is 1.52. The van der Waals surface area contributed by atoms with E-state index in [2.05, 4.69) is 32.3 Å². The van der Waals surface area contributed by atoms with Crippen molar-refractivity contribution in [1.29, 1.82) is 0 Å². The lowest BCUT2D eigenvalue weighted by molar-refractivity contribution is 0.0954. The number of nitrogens with one attached hydrogen (secondary N) is 1. The molecule has 6 heteroatoms. The van der Waals surface area contributed by atoms with Gasteiger partial charge in [0.15, 0.2) is 0 Å². The number of hydrogen-bond acceptors (Lipinski definition) is 4. The van der Waals surface area contributed by atoms with E-state index in [4.69, 9.17) is 4.74 Å². The van der Waals surface area contributed by atoms with Gasteiger partial charge in [-0.05, 0) is 40.5 Å². The number of nitrogens with zero attached hydrogens (tertiary/aromatic N) is 1. The van der Waals surface area contributed by atoms with E-state index in [0.717, 1.165) is 10.2 Å². The third-order valence-electron chi connectivity index (χ3n) is 2.49. The molecule has 0 aliphatic rings. The predicted molar refractivity (Wildman–Crippen MR) is 78.8 cm³/mol. The Balaban J connectivity index is 1.83. The lowest BCUT2D eigenvalue weighted by Gasteiger charge is -2.04. The summed E-state index contributed by atoms with van der Waals surface area (Å²) in [5, 5.41) is 2.87. The van der Waals surface area contributed by atoms with Crippen molar-refractivity contribution >= 4 is 33.2 Å². The van der Waals surface area contributed by atoms with Crippen LogP contribution in [0, 0.1) is 0 Å². The van der Waals surface area contributed by atoms with Gasteiger partial charge in [0, 0.05) is 23.7 Å². The van der Waals surface area contributed by atoms with Crippen LogP contribution in [0.5, 0.6) is 5.88 Å². The topological polar surface area (TPSA) is 51.2 Å². The summed E-state index contributed by atoms with van der Waals surface area (Å²) in [4.78, 5) is 17.1. The zero-order valence-electron chi connectivity index (χ0n) is 10.4. The number of ether oxygens (including phenoxy) is 1. The van der Waals surface area contributed by atoms with Gasteiger partial charge in [0.2, 0.25) is 5.88 Å². The third kappa shape index (κ3) is 4.04. The molecule has 2 aromatic heterocycles. The van der Waals surface area contributed by atoms with E-state index in [1.807, 2.05) is 6.07 Å². The standard InChI is InChI=1S/C13H13BrN2O2S/c1-18-12-5-2-9(8-16-12)13(17)15-7-6-10-3-4-11(14)19-10/h2-5,8H,6-7H2,1H3,(H,15,17). The molecule has 100 valence electrons. The second kappa shape index (κ2) is 6.68. The van der Waals surface area contributed by atoms with Gasteiger partial charge < -0.3 is 10.1 Å². The molecule has 2 rings (SSSR count). The molecule has 2 heterocycles. The molecule has 0 radical (unpaired) electrons. The Hall–Kier alpha value is -1.40. The molecule has 0 spiro atoms. The van der Waals surface area contributed by atoms with Crippen molar-refractivity contribution in [3.63, 3.8) is 0 Å². The largest absolute Gasteiger partial charge is 0.481 e. The molecular weight excluding hydrogens is 328 g/mol. The average Bonchev–Trinajstić information content (AvgIpc) is 2.84. The van der Waals surface area contributed by atoms with Crippen molar-refractivity contribution in [3.05, 3.63) is 44.7 Å². The number of hydrogen-bond donors (Lipinski definition) is 1. The Morgan fingerprint density at radius 2 is 2.26 bits per heavy atom. The van der Waals surface area contributed by atoms with Crippen LogP contribution in [0.2, 0.25) is 0 Å². The van der Waals surface area contributed by atoms with Crippen molar-refractivity contribution in [3.8, 4) is 5.88 Å². The van der Waals surface area contributed by atoms with Gasteiger partial charge in [-0.25, -0.2) is 4.98 Å². The Labute approximate surface area is 124 Å². The maximum absolute atomic E-state index is 11.8. The lowest BCUT2D eigenvalue weighted by Crippen LogP contribution is -2.25. The SMILES string of the molecule is COc1ccc(C(=O)NCCc2ccc(Br)s2)cn1. The minimum Gasteiger partial charge on any atom is -0.481 e. The summed E-state index contributed by atoms with van der Waals surface area (Å²) < 4.78 is 6.05. The molecule has 1 amide bonds. The highest BCUT2D eigenvalue weighted by Crippen LogP contribution is 2.22. The maximum Gasteiger partial charge on any atom is 0.252 e. The summed E-state index contributed by atoms with van der Waals surface area (Å²) in [5.74, 6) is 0.380. The predicted octanol–water partition coefficient (Wildman–Crippen LogP) is 2.89. The molecule has 0 aliphatic heterocycles. The Bertz CT molecular complexity index is 554. The molecule has 0 bridgehead atoms. The molecule has 2 aromatic rings. The van der Waals surface area contributed by atoms with Crippen molar-refractivity contribution < 1.29 is 9.53 Å². The van der Waals surface area contributed by atoms with Crippen LogP contribution in [0.4, 0.5) is 0 Å². The Morgan fingerprint density at radius 1 is 1.42 bits per heavy atom. The molecule has 1 N–H and O–H groups in total. The van der Waals surface area contributed by atoms with Gasteiger partial charge in [-0.2, -0.15) is 0 Å². The first kappa shape index (κ1) is 14.0. The van der Waals surface area contributed by atoms with Gasteiger partial charge in [0.1, 0.15) is 0 Å². The number of aromatic nitrogens is 1. The number of amides is 1. The second-order valence-electron chi connectivity index (χ2n) is 3.80. The van der Waals surface area contributed by atoms with Gasteiger partial charge in [0.25, 0.3) is 5.91 Å². The molecule has 4 nitrogen and oxygen atoms in total. The van der Waals surface area contributed by atoms with E-state index in [1.54, 1.807) is 30.6 Å². The van der Waals surface area contributed by atoms with Crippen molar-refractivity contribution in [2.45, 2.75) is 6.42 Å². The number of carbonyl (C=O) groups is 1. The summed E-state index contributed by atoms with van der Waals surface area (Å²) in [6.07, 6.45) is 2.33. The molecule has 0 saturated heterocycles. The summed E-state index contributed by atoms with van der Waals surface area (Å²) >= 11 is 5.09. The summed E-state index contributed by atoms with van der Waals surface area (Å²) in [7, 11) is 1.54. The normalized spacial score (nSPS) is 10.2. The molecule has 0 aromatic carbocycles. The van der Waals surface area contributed by atoms with Crippen molar-refractivity contribution in [1.82, 2.24) is 10.3 Å². The highest BCUT2D eigenvalue weighted by molar-refractivity contribution is 9.11. The van der Waals surface area contributed by atoms with E-state index >= 15 is 0 Å². The smallest absolute Gasteiger partial charge is 0.252 e. The van der Waals surface area contributed by atoms with Crippen molar-refractivity contribution in [2.75, 3.05) is 13.7 Å². The molecule has 0 unspecified atom stereocenters. The van der Waals surface area contributed by atoms with E-state index in [1.165, 1.54) is 11.1 Å². The minimum absolute atomic E-state index is 0.120. The minimum atomic E-state index is -0.120. The second-order valence-corrected chi connectivity index (χ2v) is 6.35. The van der Waals surface area contributed by atoms with Gasteiger partial charge >= 0.3 is 0 Å². The number of pyridine rings is 1. The maximum atomic E-state index is 11.8. The van der Waals surface area contributed by atoms with E-state index in [0.29, 0.717) is 18.0 Å². The van der Waals surface area contributed by atoms with Crippen molar-refractivity contribution in [2.24, 2.45) is 0 Å². The van der Waals surface area contributed by atoms with E-state index < -0.39 is 0 Å². The Kier molecular flexibility index (Phi) is 4.93. The van der Waals surface area contributed by atoms with Crippen LogP contribution in [0.15, 0.2) is 34.2 Å². The first-order valence-corrected chi connectivity index (χ1v) is 7.32. The summed E-state index contributed by atoms with van der Waals surface area (Å²) in [6, 6.07) is 7.43. The summed E-state index contributed by atoms with van der Waals surface area (Å²) in [5.41, 5.74) is 0.535. The zero-order chi connectivity index (χ0) is 13.7. The van der Waals surface area contributed by atoms with Crippen LogP contribution in [0.25, 0.3) is 0 Å². The fourth-order valence-corrected chi connectivity index (χ4v) is 3.01. The first-order chi connectivity index (χ1) is 9.19. The quantitative estimate of drug-likeness (QED) is 0.910. The number of thiophene rings is 1. The van der Waals surface area contributed by atoms with Gasteiger partial charge in [-0.3, -0.25) is 4.79 Å². The van der Waals surface area contributed by atoms with Crippen LogP contribution in [-0.2, 0) is 6.42 Å². The first-order valence-electron chi connectivity index (χ1n) is 5.71. The zero-order valence-corrected chi connectivity index (χ0v) is 12.8. The average molecular weight is 341 g/mol. The molecule has 19 heavy (non-hydrogen) atoms. The molecule has 0 fully saturated rings. The third-order valence-corrected chi connectivity index (χ3v) is 4.18. The molecular formula is C13H13BrN2O2S. The van der Waals surface area contributed by atoms with Gasteiger partial charge in [0.05, 0.1) is 16.5 Å². The number of halogens is 1. The van der Waals surface area contributed by atoms with Crippen LogP contribution in [0.1, 0.15) is 15.2 Å². The fraction of sp³-hybridized carbons (Fsp3) is 0.231. The summed E-state index contributed by atoms with van der Waals surface area (Å²) in [6.45, 7) is 0.609. The monoisotopic (exact) mass is 340 g/mol. The van der Waals surface area contributed by atoms with Gasteiger partial charge in [-0.15, -0.1) is 11.3 Å². The molecule has 0 atom stereocenters. The number of carbonyl (C=O) groups excluding carboxylic acids is 1. The highest BCUT2D eigenvalue weighted by atomic mass is 79.9. The van der Waals surface area contributed by atoms with E-state index in [-0.39, 0.29) is 5.91 Å². The Morgan fingerprint density at radius 3 is 2.84 bits per heavy atom. The molecule has 0 saturated carbocycles. The number of rotatable bonds is 5. The van der Waals surface area contributed by atoms with Crippen LogP contribution in [0.3, 0.4) is 0 Å². The van der Waals surface area contributed by atoms with Gasteiger partial charge in [-0.1, -0.05) is 0 Å². The van der Waals surface area contributed by atoms with Crippen LogP contribution >= 0.6 is 27.3 Å². The lowest BCUT2D eigenvalue weighted by atomic mass is 10.2. The number of methoxy groups -OCH3 is 1. The van der Waals surface area contributed by atoms with Crippen LogP contribution < -0.4 is 10.1 Å². The van der Waals surface area contributed by atoms with E-state index in [9.17, 15) is 4.79 Å². The van der Waals surface area contributed by atoms with Crippen LogP contribution in [-0.4, -0.2) is 24.5 Å².